The van der Waals surface area contributed by atoms with Crippen LogP contribution in [0, 0.1) is 6.92 Å². The Kier molecular flexibility index (Phi) is 4.88. The van der Waals surface area contributed by atoms with Gasteiger partial charge >= 0.3 is 0 Å². The first-order valence-electron chi connectivity index (χ1n) is 7.00. The average Bonchev–Trinajstić information content (AvgIpc) is 2.46. The lowest BCUT2D eigenvalue weighted by atomic mass is 10.2. The molecule has 0 heterocycles. The molecule has 0 radical (unpaired) electrons. The molecule has 0 aromatic heterocycles. The van der Waals surface area contributed by atoms with Crippen LogP contribution in [0.25, 0.3) is 0 Å². The zero-order valence-corrected chi connectivity index (χ0v) is 12.2. The molecule has 0 spiro atoms. The fourth-order valence-electron chi connectivity index (χ4n) is 2.24. The maximum atomic E-state index is 5.87. The fourth-order valence-corrected chi connectivity index (χ4v) is 2.24. The minimum Gasteiger partial charge on any atom is -0.490 e. The normalized spacial score (nSPS) is 10.3. The largest absolute Gasteiger partial charge is 0.490 e. The molecule has 0 aliphatic rings. The fraction of sp³-hybridized carbons (Fsp3) is 0.294. The molecule has 2 N–H and O–H groups in total. The summed E-state index contributed by atoms with van der Waals surface area (Å²) in [5.74, 6) is 0.758. The van der Waals surface area contributed by atoms with E-state index in [-0.39, 0.29) is 0 Å². The average molecular weight is 270 g/mol. The number of hydrogen-bond donors (Lipinski definition) is 1. The number of anilines is 2. The Balaban J connectivity index is 1.95. The van der Waals surface area contributed by atoms with Gasteiger partial charge in [-0.3, -0.25) is 0 Å². The minimum absolute atomic E-state index is 0.621. The smallest absolute Gasteiger partial charge is 0.142 e. The Hall–Kier alpha value is -2.16. The Morgan fingerprint density at radius 3 is 2.45 bits per heavy atom. The molecule has 0 fully saturated rings. The first-order valence-corrected chi connectivity index (χ1v) is 7.00. The van der Waals surface area contributed by atoms with Crippen LogP contribution < -0.4 is 15.4 Å². The Labute approximate surface area is 121 Å². The number of hydrogen-bond acceptors (Lipinski definition) is 3. The van der Waals surface area contributed by atoms with Crippen molar-refractivity contribution in [1.82, 2.24) is 0 Å². The van der Waals surface area contributed by atoms with Crippen molar-refractivity contribution in [3.05, 3.63) is 54.1 Å². The summed E-state index contributed by atoms with van der Waals surface area (Å²) in [6.45, 7) is 6.71. The molecule has 0 amide bonds. The van der Waals surface area contributed by atoms with E-state index in [1.54, 1.807) is 0 Å². The third-order valence-corrected chi connectivity index (χ3v) is 3.38. The van der Waals surface area contributed by atoms with Crippen LogP contribution in [0.5, 0.6) is 5.75 Å². The van der Waals surface area contributed by atoms with Crippen LogP contribution in [0.2, 0.25) is 0 Å². The van der Waals surface area contributed by atoms with Gasteiger partial charge in [-0.05, 0) is 37.6 Å². The molecular formula is C17H22N2O. The van der Waals surface area contributed by atoms with E-state index in [2.05, 4.69) is 43.0 Å². The topological polar surface area (TPSA) is 38.5 Å². The van der Waals surface area contributed by atoms with Crippen molar-refractivity contribution >= 4 is 11.4 Å². The monoisotopic (exact) mass is 270 g/mol. The van der Waals surface area contributed by atoms with Crippen LogP contribution >= 0.6 is 0 Å². The Morgan fingerprint density at radius 1 is 1.05 bits per heavy atom. The van der Waals surface area contributed by atoms with Gasteiger partial charge in [-0.2, -0.15) is 0 Å². The molecule has 0 bridgehead atoms. The second-order valence-corrected chi connectivity index (χ2v) is 4.75. The van der Waals surface area contributed by atoms with Gasteiger partial charge < -0.3 is 15.4 Å². The van der Waals surface area contributed by atoms with E-state index in [1.165, 1.54) is 11.3 Å². The summed E-state index contributed by atoms with van der Waals surface area (Å²) in [5, 5.41) is 0. The lowest BCUT2D eigenvalue weighted by Crippen LogP contribution is -2.28. The van der Waals surface area contributed by atoms with Gasteiger partial charge in [-0.25, -0.2) is 0 Å². The molecule has 106 valence electrons. The summed E-state index contributed by atoms with van der Waals surface area (Å²) < 4.78 is 5.76. The number of nitrogens with two attached hydrogens (primary N) is 1. The van der Waals surface area contributed by atoms with E-state index in [4.69, 9.17) is 10.5 Å². The van der Waals surface area contributed by atoms with Gasteiger partial charge in [0.25, 0.3) is 0 Å². The number of benzene rings is 2. The van der Waals surface area contributed by atoms with Gasteiger partial charge in [0.15, 0.2) is 0 Å². The highest BCUT2D eigenvalue weighted by Crippen LogP contribution is 2.21. The first-order chi connectivity index (χ1) is 9.72. The third kappa shape index (κ3) is 3.44. The number of ether oxygens (including phenoxy) is 1. The summed E-state index contributed by atoms with van der Waals surface area (Å²) in [7, 11) is 0. The molecule has 3 heteroatoms. The first kappa shape index (κ1) is 14.3. The van der Waals surface area contributed by atoms with E-state index >= 15 is 0 Å². The quantitative estimate of drug-likeness (QED) is 0.817. The zero-order valence-electron chi connectivity index (χ0n) is 12.2. The van der Waals surface area contributed by atoms with Crippen molar-refractivity contribution in [2.75, 3.05) is 30.3 Å². The second-order valence-electron chi connectivity index (χ2n) is 4.75. The molecule has 0 aliphatic carbocycles. The number of para-hydroxylation sites is 3. The Bertz CT molecular complexity index is 554. The summed E-state index contributed by atoms with van der Waals surface area (Å²) >= 11 is 0. The van der Waals surface area contributed by atoms with Crippen LogP contribution in [0.4, 0.5) is 11.4 Å². The highest BCUT2D eigenvalue weighted by molar-refractivity contribution is 5.53. The van der Waals surface area contributed by atoms with Crippen molar-refractivity contribution in [2.45, 2.75) is 13.8 Å². The molecule has 0 unspecified atom stereocenters. The van der Waals surface area contributed by atoms with Crippen LogP contribution in [0.1, 0.15) is 12.5 Å². The third-order valence-electron chi connectivity index (χ3n) is 3.38. The van der Waals surface area contributed by atoms with Crippen LogP contribution in [0.15, 0.2) is 48.5 Å². The number of likely N-dealkylation sites (N-methyl/N-ethyl adjacent to an activating group) is 1. The maximum absolute atomic E-state index is 5.87. The van der Waals surface area contributed by atoms with Crippen molar-refractivity contribution < 1.29 is 4.74 Å². The number of aryl methyl sites for hydroxylation is 1. The van der Waals surface area contributed by atoms with E-state index in [0.29, 0.717) is 12.3 Å². The zero-order chi connectivity index (χ0) is 14.4. The number of nitrogen functional groups attached to an aromatic ring is 1. The lowest BCUT2D eigenvalue weighted by molar-refractivity contribution is 0.326. The molecule has 0 aliphatic heterocycles. The SMILES string of the molecule is CCN(CCOc1ccccc1N)c1ccccc1C. The van der Waals surface area contributed by atoms with Crippen LogP contribution in [-0.4, -0.2) is 19.7 Å². The molecule has 0 atom stereocenters. The number of rotatable bonds is 6. The van der Waals surface area contributed by atoms with Gasteiger partial charge in [-0.15, -0.1) is 0 Å². The molecule has 0 saturated heterocycles. The highest BCUT2D eigenvalue weighted by atomic mass is 16.5. The second kappa shape index (κ2) is 6.85. The van der Waals surface area contributed by atoms with Crippen molar-refractivity contribution in [1.29, 1.82) is 0 Å². The maximum Gasteiger partial charge on any atom is 0.142 e. The van der Waals surface area contributed by atoms with E-state index in [1.807, 2.05) is 24.3 Å². The molecule has 2 rings (SSSR count). The summed E-state index contributed by atoms with van der Waals surface area (Å²) in [6.07, 6.45) is 0. The molecule has 3 nitrogen and oxygen atoms in total. The van der Waals surface area contributed by atoms with Crippen LogP contribution in [-0.2, 0) is 0 Å². The van der Waals surface area contributed by atoms with Gasteiger partial charge in [0.1, 0.15) is 12.4 Å². The minimum atomic E-state index is 0.621. The van der Waals surface area contributed by atoms with E-state index < -0.39 is 0 Å². The highest BCUT2D eigenvalue weighted by Gasteiger charge is 2.07. The van der Waals surface area contributed by atoms with Gasteiger partial charge in [0, 0.05) is 12.2 Å². The van der Waals surface area contributed by atoms with E-state index in [9.17, 15) is 0 Å². The standard InChI is InChI=1S/C17H22N2O/c1-3-19(16-10-6-4-8-14(16)2)12-13-20-17-11-7-5-9-15(17)18/h4-11H,3,12-13,18H2,1-2H3. The lowest BCUT2D eigenvalue weighted by Gasteiger charge is -2.25. The van der Waals surface area contributed by atoms with Crippen LogP contribution in [0.3, 0.4) is 0 Å². The Morgan fingerprint density at radius 2 is 1.75 bits per heavy atom. The molecule has 20 heavy (non-hydrogen) atoms. The molecule has 0 saturated carbocycles. The van der Waals surface area contributed by atoms with Crippen molar-refractivity contribution in [3.8, 4) is 5.75 Å². The molecule has 2 aromatic rings. The predicted molar refractivity (Wildman–Crippen MR) is 85.4 cm³/mol. The molecule has 2 aromatic carbocycles. The van der Waals surface area contributed by atoms with Gasteiger partial charge in [0.05, 0.1) is 12.2 Å². The summed E-state index contributed by atoms with van der Waals surface area (Å²) in [4.78, 5) is 2.31. The summed E-state index contributed by atoms with van der Waals surface area (Å²) in [6, 6.07) is 16.0. The number of nitrogens with zero attached hydrogens (tertiary/aromatic N) is 1. The predicted octanol–water partition coefficient (Wildman–Crippen LogP) is 3.48. The van der Waals surface area contributed by atoms with Gasteiger partial charge in [-0.1, -0.05) is 30.3 Å². The summed E-state index contributed by atoms with van der Waals surface area (Å²) in [5.41, 5.74) is 9.10. The molecular weight excluding hydrogens is 248 g/mol. The van der Waals surface area contributed by atoms with E-state index in [0.717, 1.165) is 18.8 Å². The van der Waals surface area contributed by atoms with Crippen molar-refractivity contribution in [2.24, 2.45) is 0 Å². The van der Waals surface area contributed by atoms with Gasteiger partial charge in [0.2, 0.25) is 0 Å². The van der Waals surface area contributed by atoms with Crippen molar-refractivity contribution in [3.63, 3.8) is 0 Å².